The number of hydrogen-bond acceptors (Lipinski definition) is 3. The van der Waals surface area contributed by atoms with Gasteiger partial charge in [-0.2, -0.15) is 0 Å². The zero-order chi connectivity index (χ0) is 18.8. The highest BCUT2D eigenvalue weighted by Gasteiger charge is 2.26. The second kappa shape index (κ2) is 7.64. The Morgan fingerprint density at radius 2 is 2.07 bits per heavy atom. The fourth-order valence-corrected chi connectivity index (χ4v) is 4.01. The molecular formula is C21H24N4OS. The molecule has 140 valence electrons. The first kappa shape index (κ1) is 17.9. The van der Waals surface area contributed by atoms with Gasteiger partial charge in [0.15, 0.2) is 0 Å². The highest BCUT2D eigenvalue weighted by Crippen LogP contribution is 2.27. The van der Waals surface area contributed by atoms with Gasteiger partial charge in [0.05, 0.1) is 11.0 Å². The molecule has 1 aliphatic rings. The largest absolute Gasteiger partial charge is 0.342 e. The Labute approximate surface area is 163 Å². The predicted octanol–water partition coefficient (Wildman–Crippen LogP) is 5.00. The summed E-state index contributed by atoms with van der Waals surface area (Å²) in [5.41, 5.74) is 4.11. The van der Waals surface area contributed by atoms with E-state index in [9.17, 15) is 4.79 Å². The molecule has 4 rings (SSSR count). The zero-order valence-electron chi connectivity index (χ0n) is 15.7. The van der Waals surface area contributed by atoms with Gasteiger partial charge >= 0.3 is 6.03 Å². The van der Waals surface area contributed by atoms with Gasteiger partial charge < -0.3 is 15.2 Å². The molecule has 2 amide bonds. The van der Waals surface area contributed by atoms with Crippen LogP contribution in [0.5, 0.6) is 0 Å². The number of hydrogen-bond donors (Lipinski definition) is 2. The third-order valence-electron chi connectivity index (χ3n) is 5.09. The van der Waals surface area contributed by atoms with Crippen molar-refractivity contribution in [3.63, 3.8) is 0 Å². The molecule has 1 aromatic heterocycles. The molecule has 27 heavy (non-hydrogen) atoms. The smallest absolute Gasteiger partial charge is 0.321 e. The minimum Gasteiger partial charge on any atom is -0.342 e. The van der Waals surface area contributed by atoms with Gasteiger partial charge in [0.1, 0.15) is 5.82 Å². The van der Waals surface area contributed by atoms with Crippen molar-refractivity contribution in [2.75, 3.05) is 24.7 Å². The summed E-state index contributed by atoms with van der Waals surface area (Å²) in [5, 5.41) is 3.02. The Kier molecular flexibility index (Phi) is 5.07. The number of aromatic amines is 1. The van der Waals surface area contributed by atoms with Crippen LogP contribution in [0.2, 0.25) is 0 Å². The fourth-order valence-electron chi connectivity index (χ4n) is 3.60. The third kappa shape index (κ3) is 3.95. The molecular weight excluding hydrogens is 356 g/mol. The summed E-state index contributed by atoms with van der Waals surface area (Å²) >= 11 is 1.69. The number of carbonyl (C=O) groups excluding carboxylic acids is 1. The van der Waals surface area contributed by atoms with Gasteiger partial charge in [-0.1, -0.05) is 6.07 Å². The molecule has 0 saturated carbocycles. The lowest BCUT2D eigenvalue weighted by Gasteiger charge is -2.31. The van der Waals surface area contributed by atoms with Crippen molar-refractivity contribution >= 4 is 34.5 Å². The van der Waals surface area contributed by atoms with E-state index in [-0.39, 0.29) is 11.9 Å². The first-order chi connectivity index (χ1) is 13.1. The van der Waals surface area contributed by atoms with Crippen molar-refractivity contribution in [2.45, 2.75) is 30.6 Å². The van der Waals surface area contributed by atoms with E-state index < -0.39 is 0 Å². The van der Waals surface area contributed by atoms with Gasteiger partial charge in [0, 0.05) is 29.6 Å². The molecule has 5 nitrogen and oxygen atoms in total. The van der Waals surface area contributed by atoms with Gasteiger partial charge in [0.2, 0.25) is 0 Å². The van der Waals surface area contributed by atoms with Crippen molar-refractivity contribution in [1.82, 2.24) is 14.9 Å². The lowest BCUT2D eigenvalue weighted by Crippen LogP contribution is -2.41. The number of H-pyrrole nitrogens is 1. The second-order valence-corrected chi connectivity index (χ2v) is 7.97. The predicted molar refractivity (Wildman–Crippen MR) is 112 cm³/mol. The first-order valence-electron chi connectivity index (χ1n) is 9.28. The van der Waals surface area contributed by atoms with E-state index in [1.165, 1.54) is 10.5 Å². The molecule has 0 unspecified atom stereocenters. The van der Waals surface area contributed by atoms with E-state index in [4.69, 9.17) is 4.98 Å². The number of imidazole rings is 1. The van der Waals surface area contributed by atoms with Crippen LogP contribution in [0.3, 0.4) is 0 Å². The quantitative estimate of drug-likeness (QED) is 0.628. The minimum absolute atomic E-state index is 0.0384. The van der Waals surface area contributed by atoms with Crippen LogP contribution in [0.4, 0.5) is 10.5 Å². The molecule has 1 fully saturated rings. The van der Waals surface area contributed by atoms with Gasteiger partial charge in [-0.3, -0.25) is 0 Å². The monoisotopic (exact) mass is 380 g/mol. The van der Waals surface area contributed by atoms with Crippen molar-refractivity contribution in [2.24, 2.45) is 0 Å². The second-order valence-electron chi connectivity index (χ2n) is 7.09. The summed E-state index contributed by atoms with van der Waals surface area (Å²) in [7, 11) is 0. The summed E-state index contributed by atoms with van der Waals surface area (Å²) in [6, 6.07) is 14.2. The molecule has 2 N–H and O–H groups in total. The maximum absolute atomic E-state index is 12.7. The Bertz CT molecular complexity index is 950. The minimum atomic E-state index is -0.0384. The number of nitrogens with zero attached hydrogens (tertiary/aromatic N) is 2. The SMILES string of the molecule is CSc1ccc(NC(=O)N2CCC[C@@H](c3nc4ccc(C)cc4[nH]3)C2)cc1. The molecule has 1 aliphatic heterocycles. The van der Waals surface area contributed by atoms with Gasteiger partial charge in [0.25, 0.3) is 0 Å². The number of amides is 2. The van der Waals surface area contributed by atoms with E-state index in [2.05, 4.69) is 35.4 Å². The Morgan fingerprint density at radius 1 is 1.26 bits per heavy atom. The van der Waals surface area contributed by atoms with Crippen LogP contribution in [-0.4, -0.2) is 40.2 Å². The molecule has 1 saturated heterocycles. The summed E-state index contributed by atoms with van der Waals surface area (Å²) < 4.78 is 0. The van der Waals surface area contributed by atoms with E-state index in [0.29, 0.717) is 6.54 Å². The average Bonchev–Trinajstić information content (AvgIpc) is 3.12. The first-order valence-corrected chi connectivity index (χ1v) is 10.5. The lowest BCUT2D eigenvalue weighted by molar-refractivity contribution is 0.191. The molecule has 0 aliphatic carbocycles. The van der Waals surface area contributed by atoms with E-state index in [1.54, 1.807) is 11.8 Å². The summed E-state index contributed by atoms with van der Waals surface area (Å²) in [6.45, 7) is 3.55. The van der Waals surface area contributed by atoms with Gasteiger partial charge in [-0.25, -0.2) is 9.78 Å². The number of anilines is 1. The number of carbonyl (C=O) groups is 1. The fraction of sp³-hybridized carbons (Fsp3) is 0.333. The number of aryl methyl sites for hydroxylation is 1. The van der Waals surface area contributed by atoms with E-state index >= 15 is 0 Å². The van der Waals surface area contributed by atoms with Crippen LogP contribution in [0, 0.1) is 6.92 Å². The summed E-state index contributed by atoms with van der Waals surface area (Å²) in [6.07, 6.45) is 4.07. The molecule has 0 bridgehead atoms. The van der Waals surface area contributed by atoms with Crippen molar-refractivity contribution in [3.8, 4) is 0 Å². The van der Waals surface area contributed by atoms with E-state index in [0.717, 1.165) is 41.9 Å². The molecule has 1 atom stereocenters. The zero-order valence-corrected chi connectivity index (χ0v) is 16.5. The standard InChI is InChI=1S/C21H24N4OS/c1-14-5-10-18-19(12-14)24-20(23-18)15-4-3-11-25(13-15)21(26)22-16-6-8-17(27-2)9-7-16/h5-10,12,15H,3-4,11,13H2,1-2H3,(H,22,26)(H,23,24)/t15-/m1/s1. The molecule has 3 aromatic rings. The number of aromatic nitrogens is 2. The van der Waals surface area contributed by atoms with Crippen molar-refractivity contribution < 1.29 is 4.79 Å². The van der Waals surface area contributed by atoms with Crippen LogP contribution in [0.15, 0.2) is 47.4 Å². The van der Waals surface area contributed by atoms with Crippen molar-refractivity contribution in [1.29, 1.82) is 0 Å². The molecule has 2 heterocycles. The van der Waals surface area contributed by atoms with Crippen LogP contribution in [-0.2, 0) is 0 Å². The van der Waals surface area contributed by atoms with Crippen molar-refractivity contribution in [3.05, 3.63) is 53.9 Å². The Morgan fingerprint density at radius 3 is 2.85 bits per heavy atom. The number of fused-ring (bicyclic) bond motifs is 1. The summed E-state index contributed by atoms with van der Waals surface area (Å²) in [4.78, 5) is 24.0. The number of benzene rings is 2. The van der Waals surface area contributed by atoms with E-state index in [1.807, 2.05) is 35.4 Å². The maximum atomic E-state index is 12.7. The highest BCUT2D eigenvalue weighted by molar-refractivity contribution is 7.98. The van der Waals surface area contributed by atoms with Crippen LogP contribution >= 0.6 is 11.8 Å². The third-order valence-corrected chi connectivity index (χ3v) is 5.84. The Balaban J connectivity index is 1.45. The lowest BCUT2D eigenvalue weighted by atomic mass is 9.97. The van der Waals surface area contributed by atoms with Crippen LogP contribution < -0.4 is 5.32 Å². The number of piperidine rings is 1. The molecule has 2 aromatic carbocycles. The molecule has 0 spiro atoms. The topological polar surface area (TPSA) is 61.0 Å². The number of rotatable bonds is 3. The summed E-state index contributed by atoms with van der Waals surface area (Å²) in [5.74, 6) is 1.23. The Hall–Kier alpha value is -2.47. The molecule has 6 heteroatoms. The number of likely N-dealkylation sites (tertiary alicyclic amines) is 1. The van der Waals surface area contributed by atoms with Crippen LogP contribution in [0.1, 0.15) is 30.1 Å². The molecule has 0 radical (unpaired) electrons. The van der Waals surface area contributed by atoms with Crippen LogP contribution in [0.25, 0.3) is 11.0 Å². The normalized spacial score (nSPS) is 17.3. The maximum Gasteiger partial charge on any atom is 0.321 e. The number of thioether (sulfide) groups is 1. The highest BCUT2D eigenvalue weighted by atomic mass is 32.2. The number of nitrogens with one attached hydrogen (secondary N) is 2. The number of urea groups is 1. The van der Waals surface area contributed by atoms with Gasteiger partial charge in [-0.15, -0.1) is 11.8 Å². The average molecular weight is 381 g/mol. The van der Waals surface area contributed by atoms with Gasteiger partial charge in [-0.05, 0) is 68.0 Å².